The van der Waals surface area contributed by atoms with Crippen LogP contribution in [-0.2, 0) is 7.05 Å². The van der Waals surface area contributed by atoms with Gasteiger partial charge in [-0.15, -0.1) is 0 Å². The second-order valence-electron chi connectivity index (χ2n) is 5.00. The van der Waals surface area contributed by atoms with Crippen LogP contribution in [0.2, 0.25) is 0 Å². The van der Waals surface area contributed by atoms with Crippen molar-refractivity contribution in [2.75, 3.05) is 5.43 Å². The highest BCUT2D eigenvalue weighted by Crippen LogP contribution is 2.28. The predicted octanol–water partition coefficient (Wildman–Crippen LogP) is 1.90. The molecule has 2 rings (SSSR count). The summed E-state index contributed by atoms with van der Waals surface area (Å²) in [4.78, 5) is 9.10. The number of aryl methyl sites for hydroxylation is 3. The first-order valence-electron chi connectivity index (χ1n) is 6.29. The van der Waals surface area contributed by atoms with Crippen molar-refractivity contribution in [3.8, 4) is 11.4 Å². The number of nitrogens with zero attached hydrogens (tertiary/aromatic N) is 4. The lowest BCUT2D eigenvalue weighted by Gasteiger charge is -2.15. The summed E-state index contributed by atoms with van der Waals surface area (Å²) in [5.41, 5.74) is 6.50. The van der Waals surface area contributed by atoms with Gasteiger partial charge in [0, 0.05) is 24.5 Å². The second-order valence-corrected chi connectivity index (χ2v) is 5.00. The Bertz CT molecular complexity index is 599. The van der Waals surface area contributed by atoms with Gasteiger partial charge in [-0.3, -0.25) is 4.68 Å². The van der Waals surface area contributed by atoms with Gasteiger partial charge >= 0.3 is 0 Å². The lowest BCUT2D eigenvalue weighted by molar-refractivity contribution is 0.756. The zero-order chi connectivity index (χ0) is 14.2. The molecule has 19 heavy (non-hydrogen) atoms. The van der Waals surface area contributed by atoms with Gasteiger partial charge in [-0.05, 0) is 19.8 Å². The summed E-state index contributed by atoms with van der Waals surface area (Å²) in [5, 5.41) is 4.32. The predicted molar refractivity (Wildman–Crippen MR) is 75.6 cm³/mol. The number of nitrogens with two attached hydrogens (primary N) is 1. The van der Waals surface area contributed by atoms with Crippen LogP contribution in [0.15, 0.2) is 6.20 Å². The third-order valence-electron chi connectivity index (χ3n) is 3.10. The van der Waals surface area contributed by atoms with E-state index in [-0.39, 0.29) is 0 Å². The minimum atomic E-state index is 0.315. The van der Waals surface area contributed by atoms with Crippen molar-refractivity contribution >= 4 is 5.82 Å². The van der Waals surface area contributed by atoms with E-state index in [1.165, 1.54) is 0 Å². The van der Waals surface area contributed by atoms with Gasteiger partial charge in [0.25, 0.3) is 0 Å². The average molecular weight is 260 g/mol. The summed E-state index contributed by atoms with van der Waals surface area (Å²) in [6, 6.07) is 0. The van der Waals surface area contributed by atoms with Gasteiger partial charge in [0.05, 0.1) is 11.3 Å². The van der Waals surface area contributed by atoms with Crippen molar-refractivity contribution in [1.29, 1.82) is 0 Å². The quantitative estimate of drug-likeness (QED) is 0.650. The topological polar surface area (TPSA) is 81.7 Å². The van der Waals surface area contributed by atoms with Crippen molar-refractivity contribution < 1.29 is 0 Å². The molecule has 0 saturated carbocycles. The molecule has 102 valence electrons. The Kier molecular flexibility index (Phi) is 3.53. The smallest absolute Gasteiger partial charge is 0.165 e. The summed E-state index contributed by atoms with van der Waals surface area (Å²) in [7, 11) is 1.88. The number of hydrogen-bond donors (Lipinski definition) is 2. The highest BCUT2D eigenvalue weighted by molar-refractivity contribution is 5.61. The lowest BCUT2D eigenvalue weighted by atomic mass is 10.0. The maximum Gasteiger partial charge on any atom is 0.165 e. The molecule has 0 fully saturated rings. The van der Waals surface area contributed by atoms with E-state index in [4.69, 9.17) is 5.84 Å². The van der Waals surface area contributed by atoms with E-state index in [1.807, 2.05) is 27.1 Å². The molecule has 0 radical (unpaired) electrons. The molecule has 0 spiro atoms. The molecule has 0 aliphatic carbocycles. The van der Waals surface area contributed by atoms with Crippen LogP contribution in [0.1, 0.15) is 36.7 Å². The third-order valence-corrected chi connectivity index (χ3v) is 3.10. The molecule has 6 heteroatoms. The number of hydrogen-bond acceptors (Lipinski definition) is 5. The van der Waals surface area contributed by atoms with Crippen molar-refractivity contribution in [2.45, 2.75) is 33.6 Å². The fourth-order valence-corrected chi connectivity index (χ4v) is 2.32. The van der Waals surface area contributed by atoms with Crippen LogP contribution in [0, 0.1) is 13.8 Å². The van der Waals surface area contributed by atoms with E-state index < -0.39 is 0 Å². The Morgan fingerprint density at radius 1 is 1.21 bits per heavy atom. The Morgan fingerprint density at radius 2 is 1.89 bits per heavy atom. The normalized spacial score (nSPS) is 11.1. The number of rotatable bonds is 3. The van der Waals surface area contributed by atoms with Crippen LogP contribution in [0.4, 0.5) is 5.82 Å². The lowest BCUT2D eigenvalue weighted by Crippen LogP contribution is -2.14. The molecule has 0 aliphatic heterocycles. The Morgan fingerprint density at radius 3 is 2.37 bits per heavy atom. The average Bonchev–Trinajstić information content (AvgIpc) is 2.66. The number of nitrogens with one attached hydrogen (secondary N) is 1. The molecule has 2 heterocycles. The number of anilines is 1. The minimum Gasteiger partial charge on any atom is -0.308 e. The summed E-state index contributed by atoms with van der Waals surface area (Å²) in [6.07, 6.45) is 1.92. The van der Waals surface area contributed by atoms with Crippen molar-refractivity contribution in [3.63, 3.8) is 0 Å². The van der Waals surface area contributed by atoms with E-state index in [0.29, 0.717) is 17.6 Å². The SMILES string of the molecule is Cc1nn(C)cc1-c1nc(C)c(C(C)C)c(NN)n1. The summed E-state index contributed by atoms with van der Waals surface area (Å²) >= 11 is 0. The first-order chi connectivity index (χ1) is 8.93. The molecule has 0 atom stereocenters. The first-order valence-corrected chi connectivity index (χ1v) is 6.29. The zero-order valence-corrected chi connectivity index (χ0v) is 12.0. The van der Waals surface area contributed by atoms with Gasteiger partial charge in [0.2, 0.25) is 0 Å². The van der Waals surface area contributed by atoms with Crippen LogP contribution in [0.3, 0.4) is 0 Å². The maximum absolute atomic E-state index is 5.59. The molecule has 0 unspecified atom stereocenters. The Hall–Kier alpha value is -1.95. The highest BCUT2D eigenvalue weighted by Gasteiger charge is 2.17. The van der Waals surface area contributed by atoms with Gasteiger partial charge in [-0.25, -0.2) is 15.8 Å². The van der Waals surface area contributed by atoms with Gasteiger partial charge in [0.1, 0.15) is 5.82 Å². The molecule has 2 aromatic heterocycles. The fraction of sp³-hybridized carbons (Fsp3) is 0.462. The van der Waals surface area contributed by atoms with E-state index in [9.17, 15) is 0 Å². The molecule has 6 nitrogen and oxygen atoms in total. The second kappa shape index (κ2) is 4.97. The molecule has 0 aromatic carbocycles. The fourth-order valence-electron chi connectivity index (χ4n) is 2.32. The molecule has 0 aliphatic rings. The van der Waals surface area contributed by atoms with E-state index in [1.54, 1.807) is 4.68 Å². The standard InChI is InChI=1S/C13H20N6/c1-7(2)11-9(4)15-12(16-13(11)17-14)10-6-19(5)18-8(10)3/h6-7H,14H2,1-5H3,(H,15,16,17). The van der Waals surface area contributed by atoms with Gasteiger partial charge in [-0.2, -0.15) is 5.10 Å². The zero-order valence-electron chi connectivity index (χ0n) is 12.0. The monoisotopic (exact) mass is 260 g/mol. The van der Waals surface area contributed by atoms with Crippen molar-refractivity contribution in [3.05, 3.63) is 23.1 Å². The molecule has 0 bridgehead atoms. The van der Waals surface area contributed by atoms with Crippen molar-refractivity contribution in [2.24, 2.45) is 12.9 Å². The van der Waals surface area contributed by atoms with Crippen LogP contribution in [-0.4, -0.2) is 19.7 Å². The Balaban J connectivity index is 2.61. The minimum absolute atomic E-state index is 0.315. The Labute approximate surface area is 113 Å². The van der Waals surface area contributed by atoms with Crippen LogP contribution < -0.4 is 11.3 Å². The molecule has 2 aromatic rings. The van der Waals surface area contributed by atoms with E-state index >= 15 is 0 Å². The number of hydrazine groups is 1. The van der Waals surface area contributed by atoms with Crippen LogP contribution in [0.5, 0.6) is 0 Å². The maximum atomic E-state index is 5.59. The van der Waals surface area contributed by atoms with E-state index in [0.717, 1.165) is 22.5 Å². The van der Waals surface area contributed by atoms with Crippen LogP contribution in [0.25, 0.3) is 11.4 Å². The van der Waals surface area contributed by atoms with Gasteiger partial charge in [-0.1, -0.05) is 13.8 Å². The first kappa shape index (κ1) is 13.5. The summed E-state index contributed by atoms with van der Waals surface area (Å²) < 4.78 is 1.76. The van der Waals surface area contributed by atoms with Crippen molar-refractivity contribution in [1.82, 2.24) is 19.7 Å². The van der Waals surface area contributed by atoms with Gasteiger partial charge in [0.15, 0.2) is 5.82 Å². The van der Waals surface area contributed by atoms with Crippen LogP contribution >= 0.6 is 0 Å². The molecule has 3 N–H and O–H groups in total. The number of aromatic nitrogens is 4. The summed E-state index contributed by atoms with van der Waals surface area (Å²) in [5.74, 6) is 7.24. The molecular formula is C13H20N6. The third kappa shape index (κ3) is 2.44. The van der Waals surface area contributed by atoms with Gasteiger partial charge < -0.3 is 5.43 Å². The molecular weight excluding hydrogens is 240 g/mol. The number of nitrogen functional groups attached to an aromatic ring is 1. The summed E-state index contributed by atoms with van der Waals surface area (Å²) in [6.45, 7) is 8.12. The highest BCUT2D eigenvalue weighted by atomic mass is 15.3. The van der Waals surface area contributed by atoms with E-state index in [2.05, 4.69) is 34.3 Å². The molecule has 0 amide bonds. The largest absolute Gasteiger partial charge is 0.308 e. The molecule has 0 saturated heterocycles.